The first-order valence-electron chi connectivity index (χ1n) is 11.8. The minimum Gasteiger partial charge on any atom is -0.387 e. The van der Waals surface area contributed by atoms with Crippen LogP contribution in [-0.2, 0) is 4.74 Å². The van der Waals surface area contributed by atoms with Crippen molar-refractivity contribution >= 4 is 34.3 Å². The second kappa shape index (κ2) is 10.00. The Kier molecular flexibility index (Phi) is 6.66. The molecule has 34 heavy (non-hydrogen) atoms. The number of fused-ring (bicyclic) bond motifs is 1. The maximum Gasteiger partial charge on any atom is 0.229 e. The number of aliphatic hydroxyl groups excluding tert-OH is 1. The number of nitrogens with one attached hydrogen (secondary N) is 2. The molecule has 5 heterocycles. The summed E-state index contributed by atoms with van der Waals surface area (Å²) in [6.45, 7) is 7.01. The largest absolute Gasteiger partial charge is 0.387 e. The van der Waals surface area contributed by atoms with Gasteiger partial charge in [0.05, 0.1) is 24.4 Å². The van der Waals surface area contributed by atoms with Crippen LogP contribution in [0.4, 0.5) is 23.4 Å². The molecule has 3 aromatic rings. The number of hydrogen-bond donors (Lipinski definition) is 3. The van der Waals surface area contributed by atoms with Crippen molar-refractivity contribution in [3.05, 3.63) is 30.1 Å². The maximum atomic E-state index is 10.1. The van der Waals surface area contributed by atoms with Crippen LogP contribution in [0, 0.1) is 0 Å². The quantitative estimate of drug-likeness (QED) is 0.495. The van der Waals surface area contributed by atoms with E-state index in [1.807, 2.05) is 18.2 Å². The van der Waals surface area contributed by atoms with E-state index in [4.69, 9.17) is 9.72 Å². The van der Waals surface area contributed by atoms with E-state index in [2.05, 4.69) is 47.6 Å². The topological polar surface area (TPSA) is 124 Å². The molecule has 3 N–H and O–H groups in total. The number of rotatable bonds is 6. The lowest BCUT2D eigenvalue weighted by molar-refractivity contribution is 0.0875. The number of pyridine rings is 1. The molecule has 0 saturated carbocycles. The van der Waals surface area contributed by atoms with Gasteiger partial charge in [-0.1, -0.05) is 0 Å². The summed E-state index contributed by atoms with van der Waals surface area (Å²) in [6.07, 6.45) is 3.02. The van der Waals surface area contributed by atoms with Gasteiger partial charge in [-0.15, -0.1) is 10.2 Å². The van der Waals surface area contributed by atoms with Crippen molar-refractivity contribution < 1.29 is 9.84 Å². The lowest BCUT2D eigenvalue weighted by Gasteiger charge is -2.32. The fourth-order valence-corrected chi connectivity index (χ4v) is 4.19. The summed E-state index contributed by atoms with van der Waals surface area (Å²) in [5.41, 5.74) is 1.25. The summed E-state index contributed by atoms with van der Waals surface area (Å²) in [5.74, 6) is 2.46. The maximum absolute atomic E-state index is 10.1. The number of hydrogen-bond acceptors (Lipinski definition) is 11. The summed E-state index contributed by atoms with van der Waals surface area (Å²) in [7, 11) is 2.13. The van der Waals surface area contributed by atoms with Gasteiger partial charge >= 0.3 is 0 Å². The zero-order valence-corrected chi connectivity index (χ0v) is 19.6. The molecule has 2 aliphatic heterocycles. The van der Waals surface area contributed by atoms with E-state index in [0.717, 1.165) is 56.8 Å². The molecular formula is C23H31N9O2. The average Bonchev–Trinajstić information content (AvgIpc) is 2.86. The highest BCUT2D eigenvalue weighted by Crippen LogP contribution is 2.26. The van der Waals surface area contributed by atoms with Gasteiger partial charge in [-0.05, 0) is 45.0 Å². The molecule has 0 radical (unpaired) electrons. The van der Waals surface area contributed by atoms with Crippen LogP contribution in [-0.4, -0.2) is 87.6 Å². The van der Waals surface area contributed by atoms with Gasteiger partial charge in [0.25, 0.3) is 0 Å². The average molecular weight is 466 g/mol. The predicted octanol–water partition coefficient (Wildman–Crippen LogP) is 1.95. The molecule has 2 fully saturated rings. The van der Waals surface area contributed by atoms with E-state index in [1.165, 1.54) is 0 Å². The number of nitrogens with zero attached hydrogens (tertiary/aromatic N) is 7. The van der Waals surface area contributed by atoms with Gasteiger partial charge in [-0.3, -0.25) is 0 Å². The predicted molar refractivity (Wildman–Crippen MR) is 130 cm³/mol. The van der Waals surface area contributed by atoms with E-state index in [1.54, 1.807) is 13.1 Å². The van der Waals surface area contributed by atoms with Crippen molar-refractivity contribution in [2.24, 2.45) is 0 Å². The van der Waals surface area contributed by atoms with Gasteiger partial charge in [-0.25, -0.2) is 15.0 Å². The third-order valence-electron chi connectivity index (χ3n) is 6.23. The van der Waals surface area contributed by atoms with Crippen LogP contribution >= 0.6 is 0 Å². The van der Waals surface area contributed by atoms with Crippen molar-refractivity contribution in [3.63, 3.8) is 0 Å². The fraction of sp³-hybridized carbons (Fsp3) is 0.522. The van der Waals surface area contributed by atoms with Crippen LogP contribution in [0.2, 0.25) is 0 Å². The first kappa shape index (κ1) is 22.6. The molecule has 0 bridgehead atoms. The Morgan fingerprint density at radius 3 is 2.71 bits per heavy atom. The highest BCUT2D eigenvalue weighted by molar-refractivity contribution is 5.89. The molecule has 1 unspecified atom stereocenters. The monoisotopic (exact) mass is 465 g/mol. The second-order valence-electron chi connectivity index (χ2n) is 8.95. The van der Waals surface area contributed by atoms with Gasteiger partial charge in [0, 0.05) is 44.4 Å². The number of aliphatic hydroxyl groups is 1. The minimum absolute atomic E-state index is 0.146. The molecule has 5 rings (SSSR count). The van der Waals surface area contributed by atoms with Gasteiger partial charge in [0.2, 0.25) is 5.95 Å². The Morgan fingerprint density at radius 2 is 2.00 bits per heavy atom. The van der Waals surface area contributed by atoms with E-state index in [9.17, 15) is 5.11 Å². The van der Waals surface area contributed by atoms with Crippen molar-refractivity contribution in [2.75, 3.05) is 62.0 Å². The van der Waals surface area contributed by atoms with E-state index in [-0.39, 0.29) is 6.04 Å². The highest BCUT2D eigenvalue weighted by Gasteiger charge is 2.19. The number of aromatic nitrogens is 5. The summed E-state index contributed by atoms with van der Waals surface area (Å²) in [5, 5.41) is 26.2. The van der Waals surface area contributed by atoms with Crippen LogP contribution in [0.25, 0.3) is 10.9 Å². The van der Waals surface area contributed by atoms with Crippen LogP contribution in [0.1, 0.15) is 31.6 Å². The SMILES string of the molecule is CC(O)c1cc2cnc(Nc3ccc(N4CCN(C)CC4)nn3)nc2c(N[C@H]2CCCOC2)n1. The Morgan fingerprint density at radius 1 is 1.15 bits per heavy atom. The minimum atomic E-state index is -0.695. The summed E-state index contributed by atoms with van der Waals surface area (Å²) in [6, 6.07) is 5.82. The van der Waals surface area contributed by atoms with Gasteiger partial charge in [0.1, 0.15) is 5.52 Å². The molecule has 11 nitrogen and oxygen atoms in total. The van der Waals surface area contributed by atoms with E-state index < -0.39 is 6.10 Å². The number of likely N-dealkylation sites (N-methyl/N-ethyl adjacent to an activating group) is 1. The lowest BCUT2D eigenvalue weighted by Crippen LogP contribution is -2.44. The smallest absolute Gasteiger partial charge is 0.229 e. The molecule has 11 heteroatoms. The van der Waals surface area contributed by atoms with Gasteiger partial charge in [-0.2, -0.15) is 0 Å². The molecule has 2 saturated heterocycles. The van der Waals surface area contributed by atoms with E-state index >= 15 is 0 Å². The first-order chi connectivity index (χ1) is 16.5. The number of ether oxygens (including phenoxy) is 1. The summed E-state index contributed by atoms with van der Waals surface area (Å²) in [4.78, 5) is 18.3. The second-order valence-corrected chi connectivity index (χ2v) is 8.95. The number of anilines is 4. The van der Waals surface area contributed by atoms with Gasteiger partial charge in [0.15, 0.2) is 17.5 Å². The van der Waals surface area contributed by atoms with E-state index in [0.29, 0.717) is 35.4 Å². The molecule has 180 valence electrons. The van der Waals surface area contributed by atoms with Gasteiger partial charge < -0.3 is 30.3 Å². The first-order valence-corrected chi connectivity index (χ1v) is 11.8. The van der Waals surface area contributed by atoms with Crippen LogP contribution < -0.4 is 15.5 Å². The lowest BCUT2D eigenvalue weighted by atomic mass is 10.1. The third kappa shape index (κ3) is 5.16. The fourth-order valence-electron chi connectivity index (χ4n) is 4.19. The molecule has 2 atom stereocenters. The summed E-state index contributed by atoms with van der Waals surface area (Å²) >= 11 is 0. The standard InChI is InChI=1S/C23H31N9O2/c1-15(33)18-12-16-13-24-23(28-21(16)22(26-18)25-17-4-3-11-34-14-17)27-19-5-6-20(30-29-19)32-9-7-31(2)8-10-32/h5-6,12-13,15,17,33H,3-4,7-11,14H2,1-2H3,(H,25,26)(H,24,27,28,29)/t15?,17-/m0/s1. The zero-order chi connectivity index (χ0) is 23.5. The highest BCUT2D eigenvalue weighted by atomic mass is 16.5. The molecular weight excluding hydrogens is 434 g/mol. The molecule has 0 amide bonds. The normalized spacial score (nSPS) is 20.3. The van der Waals surface area contributed by atoms with Crippen molar-refractivity contribution in [2.45, 2.75) is 31.9 Å². The molecule has 3 aromatic heterocycles. The van der Waals surface area contributed by atoms with Crippen molar-refractivity contribution in [3.8, 4) is 0 Å². The Bertz CT molecular complexity index is 1110. The van der Waals surface area contributed by atoms with Crippen LogP contribution in [0.15, 0.2) is 24.4 Å². The third-order valence-corrected chi connectivity index (χ3v) is 6.23. The number of piperazine rings is 1. The zero-order valence-electron chi connectivity index (χ0n) is 19.6. The Balaban J connectivity index is 1.37. The van der Waals surface area contributed by atoms with Crippen LogP contribution in [0.3, 0.4) is 0 Å². The Labute approximate surface area is 198 Å². The Hall–Kier alpha value is -3.15. The molecule has 0 aromatic carbocycles. The van der Waals surface area contributed by atoms with Crippen molar-refractivity contribution in [1.82, 2.24) is 30.0 Å². The molecule has 2 aliphatic rings. The summed E-state index contributed by atoms with van der Waals surface area (Å²) < 4.78 is 5.60. The molecule has 0 spiro atoms. The molecule has 0 aliphatic carbocycles. The van der Waals surface area contributed by atoms with Crippen LogP contribution in [0.5, 0.6) is 0 Å². The van der Waals surface area contributed by atoms with Crippen molar-refractivity contribution in [1.29, 1.82) is 0 Å².